The Labute approximate surface area is 381 Å². The second kappa shape index (κ2) is 22.1. The van der Waals surface area contributed by atoms with E-state index in [0.29, 0.717) is 43.4 Å². The summed E-state index contributed by atoms with van der Waals surface area (Å²) in [6.45, 7) is 3.71. The molecule has 4 unspecified atom stereocenters. The molecule has 0 saturated heterocycles. The van der Waals surface area contributed by atoms with Crippen molar-refractivity contribution in [3.63, 3.8) is 0 Å². The van der Waals surface area contributed by atoms with Gasteiger partial charge in [-0.25, -0.2) is 0 Å². The van der Waals surface area contributed by atoms with Crippen LogP contribution in [0.25, 0.3) is 32.3 Å². The number of Topliss-reactive ketones (excluding diaryl/α,β-unsaturated/α-hetero) is 2. The number of hydrogen-bond acceptors (Lipinski definition) is 10. The zero-order valence-corrected chi connectivity index (χ0v) is 39.3. The van der Waals surface area contributed by atoms with Gasteiger partial charge >= 0.3 is 35.5 Å². The monoisotopic (exact) mass is 922 g/mol. The number of thiophene rings is 2. The van der Waals surface area contributed by atoms with Crippen LogP contribution in [-0.2, 0) is 23.5 Å². The zero-order valence-electron chi connectivity index (χ0n) is 32.3. The second-order valence-electron chi connectivity index (χ2n) is 13.2. The first-order valence-electron chi connectivity index (χ1n) is 17.3. The van der Waals surface area contributed by atoms with Crippen LogP contribution < -0.4 is 34.3 Å². The van der Waals surface area contributed by atoms with Gasteiger partial charge in [0.2, 0.25) is 14.7 Å². The molecule has 0 amide bonds. The van der Waals surface area contributed by atoms with Gasteiger partial charge in [-0.3, -0.25) is 23.5 Å². The van der Waals surface area contributed by atoms with Crippen LogP contribution >= 0.6 is 60.6 Å². The van der Waals surface area contributed by atoms with Crippen molar-refractivity contribution in [1.29, 1.82) is 0 Å². The number of phenolic OH excluding ortho intramolecular Hbond substituents is 1. The van der Waals surface area contributed by atoms with Crippen molar-refractivity contribution in [2.75, 3.05) is 13.3 Å². The quantitative estimate of drug-likeness (QED) is 0.0438. The van der Waals surface area contributed by atoms with E-state index in [1.165, 1.54) is 42.9 Å². The number of carbonyl (C=O) groups excluding carboxylic acids is 3. The summed E-state index contributed by atoms with van der Waals surface area (Å²) in [5.74, 6) is -0.673. The van der Waals surface area contributed by atoms with Gasteiger partial charge in [-0.2, -0.15) is 0 Å². The molecule has 6 rings (SSSR count). The number of allylic oxidation sites excluding steroid dienone is 2. The molecule has 0 radical (unpaired) electrons. The normalized spacial score (nSPS) is 14.3. The van der Waals surface area contributed by atoms with Crippen LogP contribution in [0, 0.1) is 0 Å². The van der Waals surface area contributed by atoms with Crippen LogP contribution in [-0.4, -0.2) is 51.2 Å². The summed E-state index contributed by atoms with van der Waals surface area (Å²) in [5, 5.41) is 15.7. The van der Waals surface area contributed by atoms with Crippen LogP contribution in [0.4, 0.5) is 0 Å². The standard InChI is InChI=1S/C22H20ClO5PS.C20H18ClO4PS.Na.H2O/c1-14(24)28-20-9-4-3-6-15(20)7-5-8-19(25)22(29(2,26)27)18-13-30-21-11-10-16(23)12-17(18)21;1-26(24,25)20(16-12-27-19-10-9-14(21)11-15(16)19)18(23)8-4-6-13-5-2-3-7-17(13)22;;/h3-7,9-13,22H,8H2,1-2H3,(H,26,27);2-7,9-12,20,22H,8H2,1H3,(H,24,25);;1H2/q;;+1;/p-1/b7-5+;6-4+;;. The summed E-state index contributed by atoms with van der Waals surface area (Å²) >= 11 is 15.0. The Hall–Kier alpha value is -3.19. The maximum atomic E-state index is 13.0. The van der Waals surface area contributed by atoms with E-state index in [1.807, 2.05) is 12.1 Å². The van der Waals surface area contributed by atoms with Gasteiger partial charge < -0.3 is 25.1 Å². The van der Waals surface area contributed by atoms with Gasteiger partial charge in [0.1, 0.15) is 22.8 Å². The Balaban J connectivity index is 0.000000306. The van der Waals surface area contributed by atoms with E-state index >= 15 is 0 Å². The molecule has 4 atom stereocenters. The number of para-hydroxylation sites is 2. The Morgan fingerprint density at radius 3 is 1.58 bits per heavy atom. The second-order valence-corrected chi connectivity index (χ2v) is 20.7. The van der Waals surface area contributed by atoms with Crippen molar-refractivity contribution in [2.45, 2.75) is 31.1 Å². The van der Waals surface area contributed by atoms with Gasteiger partial charge in [-0.15, -0.1) is 22.7 Å². The molecule has 304 valence electrons. The number of carbonyl (C=O) groups is 3. The molecule has 0 bridgehead atoms. The van der Waals surface area contributed by atoms with E-state index in [1.54, 1.807) is 108 Å². The van der Waals surface area contributed by atoms with E-state index in [-0.39, 0.29) is 65.2 Å². The van der Waals surface area contributed by atoms with Gasteiger partial charge in [0, 0.05) is 63.7 Å². The SMILES string of the molecule is CC(=O)Oc1ccccc1/C=C/CC(=O)C(c1csc2ccc(Cl)cc12)P(C)(=O)O.CP(=O)(O)C(C(=O)C/C=C/c1ccccc1O)c1csc2ccc(Cl)cc12.[Na+].[OH-]. The van der Waals surface area contributed by atoms with E-state index in [2.05, 4.69) is 0 Å². The predicted octanol–water partition coefficient (Wildman–Crippen LogP) is 8.80. The fourth-order valence-electron chi connectivity index (χ4n) is 6.18. The number of aromatic hydroxyl groups is 1. The summed E-state index contributed by atoms with van der Waals surface area (Å²) in [6.07, 6.45) is 6.43. The fraction of sp³-hybridized carbons (Fsp3) is 0.167. The maximum Gasteiger partial charge on any atom is 1.00 e. The van der Waals surface area contributed by atoms with E-state index in [0.717, 1.165) is 14.8 Å². The first-order valence-corrected chi connectivity index (χ1v) is 24.2. The summed E-state index contributed by atoms with van der Waals surface area (Å²) in [5.41, 5.74) is 0.0138. The first-order chi connectivity index (χ1) is 26.9. The Kier molecular flexibility index (Phi) is 18.8. The topological polar surface area (TPSA) is 185 Å². The number of fused-ring (bicyclic) bond motifs is 2. The summed E-state index contributed by atoms with van der Waals surface area (Å²) in [6, 6.07) is 24.3. The van der Waals surface area contributed by atoms with Crippen molar-refractivity contribution >= 4 is 110 Å². The average Bonchev–Trinajstić information content (AvgIpc) is 3.72. The molecule has 4 aromatic carbocycles. The number of rotatable bonds is 13. The van der Waals surface area contributed by atoms with E-state index in [9.17, 15) is 38.4 Å². The third-order valence-electron chi connectivity index (χ3n) is 8.63. The minimum Gasteiger partial charge on any atom is -0.870 e. The van der Waals surface area contributed by atoms with Gasteiger partial charge in [0.05, 0.1) is 0 Å². The molecule has 2 aromatic heterocycles. The van der Waals surface area contributed by atoms with Crippen molar-refractivity contribution in [1.82, 2.24) is 0 Å². The number of benzene rings is 4. The van der Waals surface area contributed by atoms with Crippen LogP contribution in [0.5, 0.6) is 11.5 Å². The molecule has 0 aliphatic rings. The maximum absolute atomic E-state index is 13.0. The number of ether oxygens (including phenoxy) is 1. The molecule has 0 aliphatic carbocycles. The molecule has 0 aliphatic heterocycles. The molecule has 0 fully saturated rings. The molecule has 4 N–H and O–H groups in total. The predicted molar refractivity (Wildman–Crippen MR) is 236 cm³/mol. The van der Waals surface area contributed by atoms with Gasteiger partial charge in [0.15, 0.2) is 11.6 Å². The van der Waals surface area contributed by atoms with Crippen LogP contribution in [0.2, 0.25) is 10.0 Å². The minimum atomic E-state index is -3.77. The van der Waals surface area contributed by atoms with Gasteiger partial charge in [-0.1, -0.05) is 83.9 Å². The fourth-order valence-corrected chi connectivity index (χ4v) is 11.4. The van der Waals surface area contributed by atoms with Crippen LogP contribution in [0.15, 0.2) is 108 Å². The minimum absolute atomic E-state index is 0. The Bertz CT molecular complexity index is 2610. The van der Waals surface area contributed by atoms with Crippen molar-refractivity contribution in [3.05, 3.63) is 140 Å². The molecule has 17 heteroatoms. The molecule has 0 saturated carbocycles. The zero-order chi connectivity index (χ0) is 41.5. The van der Waals surface area contributed by atoms with Crippen LogP contribution in [0.1, 0.15) is 53.3 Å². The molecule has 59 heavy (non-hydrogen) atoms. The number of halogens is 2. The first kappa shape index (κ1) is 50.2. The Morgan fingerprint density at radius 1 is 0.712 bits per heavy atom. The van der Waals surface area contributed by atoms with Gasteiger partial charge in [-0.05, 0) is 81.2 Å². The third-order valence-corrected chi connectivity index (χ3v) is 14.1. The Morgan fingerprint density at radius 2 is 1.14 bits per heavy atom. The summed E-state index contributed by atoms with van der Waals surface area (Å²) in [4.78, 5) is 57.6. The third kappa shape index (κ3) is 13.4. The summed E-state index contributed by atoms with van der Waals surface area (Å²) in [7, 11) is -7.50. The molecular formula is C42H39Cl2NaO10P2S2. The number of ketones is 2. The molecule has 0 spiro atoms. The number of hydrogen-bond donors (Lipinski definition) is 3. The molecule has 10 nitrogen and oxygen atoms in total. The number of esters is 1. The van der Waals surface area contributed by atoms with E-state index < -0.39 is 32.0 Å². The van der Waals surface area contributed by atoms with E-state index in [4.69, 9.17) is 27.9 Å². The molecular weight excluding hydrogens is 884 g/mol. The summed E-state index contributed by atoms with van der Waals surface area (Å²) < 4.78 is 32.1. The molecule has 6 aromatic rings. The number of phenols is 1. The smallest absolute Gasteiger partial charge is 0.870 e. The van der Waals surface area contributed by atoms with Crippen molar-refractivity contribution in [3.8, 4) is 11.5 Å². The largest absolute Gasteiger partial charge is 1.00 e. The van der Waals surface area contributed by atoms with Crippen LogP contribution in [0.3, 0.4) is 0 Å². The van der Waals surface area contributed by atoms with Crippen molar-refractivity contribution in [2.24, 2.45) is 0 Å². The molecule has 2 heterocycles. The van der Waals surface area contributed by atoms with Crippen molar-refractivity contribution < 1.29 is 78.2 Å². The van der Waals surface area contributed by atoms with Gasteiger partial charge in [0.25, 0.3) is 0 Å². The average molecular weight is 924 g/mol.